The SMILES string of the molecule is c1cc2c(cc1OC1CC1)cc1n2CCC1. The summed E-state index contributed by atoms with van der Waals surface area (Å²) in [5.41, 5.74) is 2.86. The Bertz CT molecular complexity index is 551. The molecule has 0 N–H and O–H groups in total. The maximum atomic E-state index is 5.82. The topological polar surface area (TPSA) is 14.2 Å². The summed E-state index contributed by atoms with van der Waals surface area (Å²) in [7, 11) is 0. The minimum absolute atomic E-state index is 0.493. The van der Waals surface area contributed by atoms with Gasteiger partial charge in [-0.1, -0.05) is 0 Å². The zero-order chi connectivity index (χ0) is 10.5. The molecule has 1 aromatic carbocycles. The molecule has 1 aliphatic carbocycles. The van der Waals surface area contributed by atoms with E-state index >= 15 is 0 Å². The van der Waals surface area contributed by atoms with Gasteiger partial charge in [-0.05, 0) is 49.9 Å². The number of fused-ring (bicyclic) bond motifs is 3. The lowest BCUT2D eigenvalue weighted by Gasteiger charge is -2.05. The zero-order valence-electron chi connectivity index (χ0n) is 9.28. The second-order valence-corrected chi connectivity index (χ2v) is 4.93. The normalized spacial score (nSPS) is 19.0. The fourth-order valence-corrected chi connectivity index (χ4v) is 2.65. The Hall–Kier alpha value is -1.44. The van der Waals surface area contributed by atoms with Crippen LogP contribution >= 0.6 is 0 Å². The van der Waals surface area contributed by atoms with Crippen LogP contribution < -0.4 is 4.74 Å². The van der Waals surface area contributed by atoms with Crippen molar-refractivity contribution in [3.8, 4) is 5.75 Å². The number of rotatable bonds is 2. The predicted octanol–water partition coefficient (Wildman–Crippen LogP) is 3.13. The van der Waals surface area contributed by atoms with Gasteiger partial charge in [-0.25, -0.2) is 0 Å². The molecule has 0 bridgehead atoms. The van der Waals surface area contributed by atoms with E-state index in [4.69, 9.17) is 4.74 Å². The summed E-state index contributed by atoms with van der Waals surface area (Å²) in [6.45, 7) is 1.18. The van der Waals surface area contributed by atoms with Crippen LogP contribution in [0.25, 0.3) is 10.9 Å². The summed E-state index contributed by atoms with van der Waals surface area (Å²) in [5, 5.41) is 1.34. The highest BCUT2D eigenvalue weighted by Crippen LogP contribution is 2.31. The van der Waals surface area contributed by atoms with Crippen LogP contribution in [0, 0.1) is 0 Å². The maximum absolute atomic E-state index is 5.82. The monoisotopic (exact) mass is 213 g/mol. The fraction of sp³-hybridized carbons (Fsp3) is 0.429. The first-order chi connectivity index (χ1) is 7.90. The van der Waals surface area contributed by atoms with E-state index in [2.05, 4.69) is 28.8 Å². The van der Waals surface area contributed by atoms with Crippen LogP contribution in [-0.4, -0.2) is 10.7 Å². The van der Waals surface area contributed by atoms with Gasteiger partial charge >= 0.3 is 0 Å². The van der Waals surface area contributed by atoms with E-state index in [1.807, 2.05) is 0 Å². The average Bonchev–Trinajstić information content (AvgIpc) is 2.86. The molecule has 2 aliphatic rings. The van der Waals surface area contributed by atoms with Crippen molar-refractivity contribution in [3.05, 3.63) is 30.0 Å². The number of benzene rings is 1. The second kappa shape index (κ2) is 3.03. The van der Waals surface area contributed by atoms with Gasteiger partial charge in [0.25, 0.3) is 0 Å². The minimum Gasteiger partial charge on any atom is -0.490 e. The van der Waals surface area contributed by atoms with Gasteiger partial charge in [0, 0.05) is 23.1 Å². The first-order valence-corrected chi connectivity index (χ1v) is 6.19. The third-order valence-electron chi connectivity index (χ3n) is 3.60. The van der Waals surface area contributed by atoms with Crippen molar-refractivity contribution < 1.29 is 4.74 Å². The van der Waals surface area contributed by atoms with Gasteiger partial charge in [0.05, 0.1) is 6.10 Å². The fourth-order valence-electron chi connectivity index (χ4n) is 2.65. The first-order valence-electron chi connectivity index (χ1n) is 6.19. The minimum atomic E-state index is 0.493. The quantitative estimate of drug-likeness (QED) is 0.747. The molecule has 0 unspecified atom stereocenters. The van der Waals surface area contributed by atoms with Crippen molar-refractivity contribution >= 4 is 10.9 Å². The molecule has 82 valence electrons. The van der Waals surface area contributed by atoms with Crippen molar-refractivity contribution in [1.82, 2.24) is 4.57 Å². The smallest absolute Gasteiger partial charge is 0.120 e. The van der Waals surface area contributed by atoms with Crippen molar-refractivity contribution in [2.75, 3.05) is 0 Å². The van der Waals surface area contributed by atoms with E-state index in [1.54, 1.807) is 0 Å². The van der Waals surface area contributed by atoms with Crippen LogP contribution in [-0.2, 0) is 13.0 Å². The summed E-state index contributed by atoms with van der Waals surface area (Å²) in [6, 6.07) is 8.84. The summed E-state index contributed by atoms with van der Waals surface area (Å²) < 4.78 is 8.27. The molecule has 0 saturated heterocycles. The number of ether oxygens (including phenoxy) is 1. The van der Waals surface area contributed by atoms with Crippen LogP contribution in [0.1, 0.15) is 25.0 Å². The Labute approximate surface area is 94.8 Å². The molecule has 0 atom stereocenters. The first kappa shape index (κ1) is 8.68. The molecular weight excluding hydrogens is 198 g/mol. The van der Waals surface area contributed by atoms with Crippen LogP contribution in [0.5, 0.6) is 5.75 Å². The van der Waals surface area contributed by atoms with E-state index in [1.165, 1.54) is 48.8 Å². The van der Waals surface area contributed by atoms with E-state index in [9.17, 15) is 0 Å². The number of hydrogen-bond donors (Lipinski definition) is 0. The van der Waals surface area contributed by atoms with Crippen LogP contribution in [0.15, 0.2) is 24.3 Å². The Kier molecular flexibility index (Phi) is 1.65. The molecule has 2 nitrogen and oxygen atoms in total. The van der Waals surface area contributed by atoms with Crippen molar-refractivity contribution in [2.45, 2.75) is 38.3 Å². The summed E-state index contributed by atoms with van der Waals surface area (Å²) in [6.07, 6.45) is 5.47. The Morgan fingerprint density at radius 3 is 3.00 bits per heavy atom. The van der Waals surface area contributed by atoms with Gasteiger partial charge in [0.2, 0.25) is 0 Å². The molecule has 1 saturated carbocycles. The molecule has 1 fully saturated rings. The average molecular weight is 213 g/mol. The lowest BCUT2D eigenvalue weighted by Crippen LogP contribution is -1.95. The third kappa shape index (κ3) is 1.26. The highest BCUT2D eigenvalue weighted by molar-refractivity contribution is 5.83. The maximum Gasteiger partial charge on any atom is 0.120 e. The molecule has 0 radical (unpaired) electrons. The molecule has 2 aromatic rings. The largest absolute Gasteiger partial charge is 0.490 e. The lowest BCUT2D eigenvalue weighted by atomic mass is 10.2. The predicted molar refractivity (Wildman–Crippen MR) is 63.9 cm³/mol. The van der Waals surface area contributed by atoms with Gasteiger partial charge in [-0.2, -0.15) is 0 Å². The Balaban J connectivity index is 1.80. The van der Waals surface area contributed by atoms with E-state index in [0.717, 1.165) is 5.75 Å². The van der Waals surface area contributed by atoms with Gasteiger partial charge < -0.3 is 9.30 Å². The summed E-state index contributed by atoms with van der Waals surface area (Å²) in [4.78, 5) is 0. The number of aryl methyl sites for hydroxylation is 2. The zero-order valence-corrected chi connectivity index (χ0v) is 9.28. The molecule has 1 aromatic heterocycles. The second-order valence-electron chi connectivity index (χ2n) is 4.93. The molecule has 0 spiro atoms. The van der Waals surface area contributed by atoms with Crippen LogP contribution in [0.2, 0.25) is 0 Å². The van der Waals surface area contributed by atoms with E-state index in [0.29, 0.717) is 6.10 Å². The highest BCUT2D eigenvalue weighted by Gasteiger charge is 2.23. The lowest BCUT2D eigenvalue weighted by molar-refractivity contribution is 0.303. The molecule has 2 heteroatoms. The Morgan fingerprint density at radius 2 is 2.12 bits per heavy atom. The molecule has 0 amide bonds. The van der Waals surface area contributed by atoms with E-state index < -0.39 is 0 Å². The Morgan fingerprint density at radius 1 is 1.19 bits per heavy atom. The van der Waals surface area contributed by atoms with Crippen molar-refractivity contribution in [1.29, 1.82) is 0 Å². The molecule has 2 heterocycles. The molecule has 1 aliphatic heterocycles. The van der Waals surface area contributed by atoms with Crippen LogP contribution in [0.4, 0.5) is 0 Å². The molecular formula is C14H15NO. The number of hydrogen-bond acceptors (Lipinski definition) is 1. The van der Waals surface area contributed by atoms with Crippen LogP contribution in [0.3, 0.4) is 0 Å². The molecule has 4 rings (SSSR count). The van der Waals surface area contributed by atoms with Gasteiger partial charge in [0.1, 0.15) is 5.75 Å². The van der Waals surface area contributed by atoms with Crippen molar-refractivity contribution in [3.63, 3.8) is 0 Å². The van der Waals surface area contributed by atoms with E-state index in [-0.39, 0.29) is 0 Å². The van der Waals surface area contributed by atoms with Gasteiger partial charge in [0.15, 0.2) is 0 Å². The van der Waals surface area contributed by atoms with Crippen molar-refractivity contribution in [2.24, 2.45) is 0 Å². The number of nitrogens with zero attached hydrogens (tertiary/aromatic N) is 1. The third-order valence-corrected chi connectivity index (χ3v) is 3.60. The molecule has 16 heavy (non-hydrogen) atoms. The standard InChI is InChI=1S/C14H15NO/c1-2-11-8-10-9-13(16-12-3-4-12)5-6-14(10)15(11)7-1/h5-6,8-9,12H,1-4,7H2. The van der Waals surface area contributed by atoms with Gasteiger partial charge in [-0.15, -0.1) is 0 Å². The summed E-state index contributed by atoms with van der Waals surface area (Å²) >= 11 is 0. The summed E-state index contributed by atoms with van der Waals surface area (Å²) in [5.74, 6) is 1.04. The highest BCUT2D eigenvalue weighted by atomic mass is 16.5. The number of aromatic nitrogens is 1. The van der Waals surface area contributed by atoms with Gasteiger partial charge in [-0.3, -0.25) is 0 Å².